The highest BCUT2D eigenvalue weighted by molar-refractivity contribution is 5.40. The molecule has 2 aliphatic rings. The first-order chi connectivity index (χ1) is 16.2. The minimum atomic E-state index is -0.0421. The Hall–Kier alpha value is -2.70. The summed E-state index contributed by atoms with van der Waals surface area (Å²) in [6.07, 6.45) is 4.53. The summed E-state index contributed by atoms with van der Waals surface area (Å²) in [7, 11) is 1.76. The summed E-state index contributed by atoms with van der Waals surface area (Å²) in [5.74, 6) is 3.12. The Morgan fingerprint density at radius 3 is 2.70 bits per heavy atom. The molecule has 0 unspecified atom stereocenters. The number of aromatic nitrogens is 2. The fraction of sp³-hybridized carbons (Fsp3) is 0.481. The Morgan fingerprint density at radius 2 is 1.94 bits per heavy atom. The van der Waals surface area contributed by atoms with Gasteiger partial charge in [0.25, 0.3) is 0 Å². The second-order valence-electron chi connectivity index (χ2n) is 9.50. The predicted octanol–water partition coefficient (Wildman–Crippen LogP) is 4.44. The summed E-state index contributed by atoms with van der Waals surface area (Å²) < 4.78 is 11.1. The molecule has 6 nitrogen and oxygen atoms in total. The minimum Gasteiger partial charge on any atom is -0.496 e. The molecular formula is C27H34N4O2. The van der Waals surface area contributed by atoms with Crippen LogP contribution in [0.1, 0.15) is 60.0 Å². The van der Waals surface area contributed by atoms with Crippen molar-refractivity contribution in [1.29, 1.82) is 0 Å². The van der Waals surface area contributed by atoms with E-state index in [1.165, 1.54) is 29.5 Å². The Bertz CT molecular complexity index is 1070. The average Bonchev–Trinajstić information content (AvgIpc) is 3.53. The summed E-state index contributed by atoms with van der Waals surface area (Å²) in [6, 6.07) is 17.1. The molecular weight excluding hydrogens is 412 g/mol. The highest BCUT2D eigenvalue weighted by atomic mass is 16.5. The molecule has 5 rings (SSSR count). The number of likely N-dealkylation sites (tertiary alicyclic amines) is 1. The van der Waals surface area contributed by atoms with Gasteiger partial charge in [-0.1, -0.05) is 53.2 Å². The second kappa shape index (κ2) is 9.65. The Morgan fingerprint density at radius 1 is 1.12 bits per heavy atom. The van der Waals surface area contributed by atoms with Gasteiger partial charge >= 0.3 is 0 Å². The predicted molar refractivity (Wildman–Crippen MR) is 129 cm³/mol. The van der Waals surface area contributed by atoms with Crippen molar-refractivity contribution in [3.05, 3.63) is 76.9 Å². The smallest absolute Gasteiger partial charge is 0.240 e. The summed E-state index contributed by atoms with van der Waals surface area (Å²) >= 11 is 0. The van der Waals surface area contributed by atoms with Crippen molar-refractivity contribution in [2.45, 2.75) is 50.5 Å². The zero-order valence-corrected chi connectivity index (χ0v) is 19.7. The first-order valence-corrected chi connectivity index (χ1v) is 12.1. The van der Waals surface area contributed by atoms with Crippen molar-refractivity contribution in [2.75, 3.05) is 33.3 Å². The molecule has 1 saturated carbocycles. The number of rotatable bonds is 9. The van der Waals surface area contributed by atoms with Gasteiger partial charge in [0.2, 0.25) is 5.89 Å². The van der Waals surface area contributed by atoms with Gasteiger partial charge in [-0.2, -0.15) is 4.98 Å². The van der Waals surface area contributed by atoms with E-state index < -0.39 is 0 Å². The monoisotopic (exact) mass is 446 g/mol. The molecule has 0 bridgehead atoms. The minimum absolute atomic E-state index is 0.0421. The topological polar surface area (TPSA) is 63.4 Å². The van der Waals surface area contributed by atoms with Crippen LogP contribution in [0.25, 0.3) is 0 Å². The Kier molecular flexibility index (Phi) is 6.47. The number of hydrogen-bond acceptors (Lipinski definition) is 6. The average molecular weight is 447 g/mol. The molecule has 1 N–H and O–H groups in total. The van der Waals surface area contributed by atoms with Crippen LogP contribution in [0, 0.1) is 6.92 Å². The van der Waals surface area contributed by atoms with Gasteiger partial charge in [0.1, 0.15) is 5.75 Å². The van der Waals surface area contributed by atoms with Crippen LogP contribution in [-0.4, -0.2) is 48.3 Å². The molecule has 0 spiro atoms. The third-order valence-electron chi connectivity index (χ3n) is 7.26. The number of ether oxygens (including phenoxy) is 1. The van der Waals surface area contributed by atoms with Crippen molar-refractivity contribution in [2.24, 2.45) is 0 Å². The number of aryl methyl sites for hydroxylation is 1. The number of piperidine rings is 1. The molecule has 3 aromatic rings. The van der Waals surface area contributed by atoms with E-state index in [4.69, 9.17) is 14.2 Å². The van der Waals surface area contributed by atoms with Gasteiger partial charge in [0.05, 0.1) is 19.1 Å². The van der Waals surface area contributed by atoms with E-state index in [1.54, 1.807) is 7.11 Å². The number of nitrogens with one attached hydrogen (secondary N) is 1. The maximum Gasteiger partial charge on any atom is 0.240 e. The fourth-order valence-electron chi connectivity index (χ4n) is 5.13. The highest BCUT2D eigenvalue weighted by Crippen LogP contribution is 2.52. The molecule has 2 heterocycles. The largest absolute Gasteiger partial charge is 0.496 e. The van der Waals surface area contributed by atoms with E-state index in [-0.39, 0.29) is 5.41 Å². The lowest BCUT2D eigenvalue weighted by Crippen LogP contribution is -2.37. The van der Waals surface area contributed by atoms with Gasteiger partial charge in [-0.15, -0.1) is 0 Å². The van der Waals surface area contributed by atoms with Gasteiger partial charge in [-0.3, -0.25) is 0 Å². The molecule has 33 heavy (non-hydrogen) atoms. The first-order valence-electron chi connectivity index (χ1n) is 12.1. The summed E-state index contributed by atoms with van der Waals surface area (Å²) in [5.41, 5.74) is 3.89. The van der Waals surface area contributed by atoms with E-state index in [2.05, 4.69) is 64.8 Å². The normalized spacial score (nSPS) is 18.4. The van der Waals surface area contributed by atoms with Crippen LogP contribution in [0.5, 0.6) is 5.75 Å². The van der Waals surface area contributed by atoms with Gasteiger partial charge in [-0.25, -0.2) is 0 Å². The molecule has 0 atom stereocenters. The molecule has 174 valence electrons. The van der Waals surface area contributed by atoms with Crippen LogP contribution in [0.15, 0.2) is 53.1 Å². The zero-order chi connectivity index (χ0) is 22.7. The Labute approximate surface area is 196 Å². The molecule has 1 saturated heterocycles. The molecule has 0 amide bonds. The third-order valence-corrected chi connectivity index (χ3v) is 7.26. The lowest BCUT2D eigenvalue weighted by Gasteiger charge is -2.32. The van der Waals surface area contributed by atoms with Gasteiger partial charge < -0.3 is 19.5 Å². The number of nitrogens with zero attached hydrogens (tertiary/aromatic N) is 3. The Balaban J connectivity index is 1.07. The van der Waals surface area contributed by atoms with Crippen LogP contribution >= 0.6 is 0 Å². The molecule has 1 aliphatic carbocycles. The SMILES string of the molecule is COc1ccccc1C1CCN(CCNCc2nc(C3(c4cccc(C)c4)CC3)no2)CC1. The molecule has 2 aromatic carbocycles. The van der Waals surface area contributed by atoms with E-state index in [0.29, 0.717) is 18.4 Å². The molecule has 6 heteroatoms. The maximum atomic E-state index is 5.57. The van der Waals surface area contributed by atoms with Crippen molar-refractivity contribution in [3.63, 3.8) is 0 Å². The van der Waals surface area contributed by atoms with Crippen molar-refractivity contribution >= 4 is 0 Å². The van der Waals surface area contributed by atoms with Crippen molar-refractivity contribution in [3.8, 4) is 5.75 Å². The number of para-hydroxylation sites is 1. The van der Waals surface area contributed by atoms with Crippen LogP contribution < -0.4 is 10.1 Å². The lowest BCUT2D eigenvalue weighted by molar-refractivity contribution is 0.210. The van der Waals surface area contributed by atoms with Crippen LogP contribution in [0.4, 0.5) is 0 Å². The second-order valence-corrected chi connectivity index (χ2v) is 9.50. The van der Waals surface area contributed by atoms with Crippen LogP contribution in [0.2, 0.25) is 0 Å². The summed E-state index contributed by atoms with van der Waals surface area (Å²) in [5, 5.41) is 7.82. The standard InChI is InChI=1S/C27H34N4O2/c1-20-6-5-7-22(18-20)27(12-13-27)26-29-25(33-30-26)19-28-14-17-31-15-10-21(11-16-31)23-8-3-4-9-24(23)32-2/h3-9,18,21,28H,10-17,19H2,1-2H3. The van der Waals surface area contributed by atoms with Gasteiger partial charge in [0.15, 0.2) is 5.82 Å². The molecule has 1 aromatic heterocycles. The first kappa shape index (κ1) is 22.1. The number of methoxy groups -OCH3 is 1. The van der Waals surface area contributed by atoms with Gasteiger partial charge in [0, 0.05) is 13.1 Å². The quantitative estimate of drug-likeness (QED) is 0.491. The van der Waals surface area contributed by atoms with E-state index in [1.807, 2.05) is 6.07 Å². The third kappa shape index (κ3) is 4.82. The van der Waals surface area contributed by atoms with Crippen LogP contribution in [0.3, 0.4) is 0 Å². The molecule has 2 fully saturated rings. The molecule has 0 radical (unpaired) electrons. The zero-order valence-electron chi connectivity index (χ0n) is 19.7. The fourth-order valence-corrected chi connectivity index (χ4v) is 5.13. The van der Waals surface area contributed by atoms with E-state index in [9.17, 15) is 0 Å². The van der Waals surface area contributed by atoms with E-state index in [0.717, 1.165) is 50.6 Å². The maximum absolute atomic E-state index is 5.57. The summed E-state index contributed by atoms with van der Waals surface area (Å²) in [4.78, 5) is 7.27. The van der Waals surface area contributed by atoms with Crippen molar-refractivity contribution in [1.82, 2.24) is 20.4 Å². The van der Waals surface area contributed by atoms with Crippen molar-refractivity contribution < 1.29 is 9.26 Å². The van der Waals surface area contributed by atoms with E-state index >= 15 is 0 Å². The van der Waals surface area contributed by atoms with Gasteiger partial charge in [-0.05, 0) is 68.8 Å². The number of hydrogen-bond donors (Lipinski definition) is 1. The van der Waals surface area contributed by atoms with Crippen LogP contribution in [-0.2, 0) is 12.0 Å². The number of benzene rings is 2. The summed E-state index contributed by atoms with van der Waals surface area (Å²) in [6.45, 7) is 6.94. The lowest BCUT2D eigenvalue weighted by atomic mass is 9.89. The highest BCUT2D eigenvalue weighted by Gasteiger charge is 2.50. The molecule has 1 aliphatic heterocycles.